The number of nitrogens with one attached hydrogen (secondary N) is 1. The van der Waals surface area contributed by atoms with E-state index < -0.39 is 0 Å². The fourth-order valence-electron chi connectivity index (χ4n) is 1.80. The van der Waals surface area contributed by atoms with Gasteiger partial charge in [-0.1, -0.05) is 12.1 Å². The number of nitrogens with two attached hydrogens (primary N) is 1. The number of nitrogen functional groups attached to an aromatic ring is 1. The first-order valence-corrected chi connectivity index (χ1v) is 6.48. The second-order valence-corrected chi connectivity index (χ2v) is 4.77. The van der Waals surface area contributed by atoms with Crippen LogP contribution in [0, 0.1) is 0 Å². The van der Waals surface area contributed by atoms with Crippen LogP contribution in [0.5, 0.6) is 5.75 Å². The van der Waals surface area contributed by atoms with Crippen LogP contribution in [0.2, 0.25) is 0 Å². The third kappa shape index (κ3) is 3.75. The summed E-state index contributed by atoms with van der Waals surface area (Å²) in [7, 11) is 0. The zero-order valence-electron chi connectivity index (χ0n) is 11.6. The van der Waals surface area contributed by atoms with Gasteiger partial charge in [0, 0.05) is 16.9 Å². The van der Waals surface area contributed by atoms with Crippen molar-refractivity contribution in [2.45, 2.75) is 20.0 Å². The Hall–Kier alpha value is -2.49. The normalized spacial score (nSPS) is 10.3. The molecule has 0 spiro atoms. The topological polar surface area (TPSA) is 64.3 Å². The van der Waals surface area contributed by atoms with Gasteiger partial charge in [0.1, 0.15) is 5.75 Å². The fourth-order valence-corrected chi connectivity index (χ4v) is 1.80. The Morgan fingerprint density at radius 1 is 1.15 bits per heavy atom. The van der Waals surface area contributed by atoms with Crippen LogP contribution in [0.3, 0.4) is 0 Å². The molecule has 0 aliphatic rings. The molecule has 4 nitrogen and oxygen atoms in total. The molecule has 0 aromatic heterocycles. The molecule has 3 N–H and O–H groups in total. The molecule has 0 fully saturated rings. The number of ether oxygens (including phenoxy) is 1. The van der Waals surface area contributed by atoms with Crippen molar-refractivity contribution >= 4 is 17.3 Å². The van der Waals surface area contributed by atoms with E-state index >= 15 is 0 Å². The van der Waals surface area contributed by atoms with Gasteiger partial charge in [-0.2, -0.15) is 0 Å². The largest absolute Gasteiger partial charge is 0.491 e. The molecule has 104 valence electrons. The van der Waals surface area contributed by atoms with Gasteiger partial charge in [0.05, 0.1) is 6.10 Å². The maximum Gasteiger partial charge on any atom is 0.255 e. The summed E-state index contributed by atoms with van der Waals surface area (Å²) in [5, 5.41) is 2.81. The van der Waals surface area contributed by atoms with Crippen molar-refractivity contribution in [1.82, 2.24) is 0 Å². The highest BCUT2D eigenvalue weighted by atomic mass is 16.5. The van der Waals surface area contributed by atoms with E-state index in [4.69, 9.17) is 10.5 Å². The highest BCUT2D eigenvalue weighted by Crippen LogP contribution is 2.17. The monoisotopic (exact) mass is 270 g/mol. The lowest BCUT2D eigenvalue weighted by Crippen LogP contribution is -2.12. The highest BCUT2D eigenvalue weighted by Gasteiger charge is 2.08. The lowest BCUT2D eigenvalue weighted by Gasteiger charge is -2.11. The molecule has 0 saturated heterocycles. The molecule has 1 amide bonds. The van der Waals surface area contributed by atoms with Gasteiger partial charge < -0.3 is 15.8 Å². The van der Waals surface area contributed by atoms with Crippen LogP contribution in [0.1, 0.15) is 24.2 Å². The van der Waals surface area contributed by atoms with Gasteiger partial charge in [0.2, 0.25) is 0 Å². The zero-order chi connectivity index (χ0) is 14.5. The molecule has 0 radical (unpaired) electrons. The summed E-state index contributed by atoms with van der Waals surface area (Å²) in [5.41, 5.74) is 7.51. The van der Waals surface area contributed by atoms with Crippen LogP contribution < -0.4 is 15.8 Å². The van der Waals surface area contributed by atoms with Crippen molar-refractivity contribution in [3.8, 4) is 5.75 Å². The van der Waals surface area contributed by atoms with E-state index in [-0.39, 0.29) is 12.0 Å². The second-order valence-electron chi connectivity index (χ2n) is 4.77. The maximum atomic E-state index is 12.2. The molecule has 4 heteroatoms. The lowest BCUT2D eigenvalue weighted by atomic mass is 10.2. The Bertz CT molecular complexity index is 609. The number of anilines is 2. The summed E-state index contributed by atoms with van der Waals surface area (Å²) in [6.45, 7) is 3.89. The molecule has 0 bridgehead atoms. The number of hydrogen-bond acceptors (Lipinski definition) is 3. The quantitative estimate of drug-likeness (QED) is 0.838. The third-order valence-electron chi connectivity index (χ3n) is 2.61. The molecule has 2 aromatic carbocycles. The molecular formula is C16H18N2O2. The predicted octanol–water partition coefficient (Wildman–Crippen LogP) is 3.31. The SMILES string of the molecule is CC(C)Oc1cccc(C(=O)Nc2cccc(N)c2)c1. The molecular weight excluding hydrogens is 252 g/mol. The van der Waals surface area contributed by atoms with Gasteiger partial charge in [0.15, 0.2) is 0 Å². The maximum absolute atomic E-state index is 12.2. The first-order chi connectivity index (χ1) is 9.54. The van der Waals surface area contributed by atoms with Crippen molar-refractivity contribution in [2.24, 2.45) is 0 Å². The fraction of sp³-hybridized carbons (Fsp3) is 0.188. The molecule has 0 aliphatic heterocycles. The summed E-state index contributed by atoms with van der Waals surface area (Å²) >= 11 is 0. The average molecular weight is 270 g/mol. The van der Waals surface area contributed by atoms with Gasteiger partial charge in [-0.25, -0.2) is 0 Å². The Morgan fingerprint density at radius 3 is 2.60 bits per heavy atom. The smallest absolute Gasteiger partial charge is 0.255 e. The summed E-state index contributed by atoms with van der Waals surface area (Å²) in [5.74, 6) is 0.491. The van der Waals surface area contributed by atoms with Crippen LogP contribution in [0.4, 0.5) is 11.4 Å². The molecule has 0 atom stereocenters. The first-order valence-electron chi connectivity index (χ1n) is 6.48. The van der Waals surface area contributed by atoms with Crippen molar-refractivity contribution in [1.29, 1.82) is 0 Å². The van der Waals surface area contributed by atoms with Crippen molar-refractivity contribution in [3.05, 3.63) is 54.1 Å². The Labute approximate surface area is 118 Å². The molecule has 0 heterocycles. The number of hydrogen-bond donors (Lipinski definition) is 2. The van der Waals surface area contributed by atoms with Crippen LogP contribution in [0.25, 0.3) is 0 Å². The lowest BCUT2D eigenvalue weighted by molar-refractivity contribution is 0.102. The summed E-state index contributed by atoms with van der Waals surface area (Å²) < 4.78 is 5.57. The summed E-state index contributed by atoms with van der Waals surface area (Å²) in [4.78, 5) is 12.2. The number of amides is 1. The summed E-state index contributed by atoms with van der Waals surface area (Å²) in [6, 6.07) is 14.2. The number of rotatable bonds is 4. The van der Waals surface area contributed by atoms with E-state index in [1.807, 2.05) is 19.9 Å². The molecule has 20 heavy (non-hydrogen) atoms. The van der Waals surface area contributed by atoms with E-state index in [1.54, 1.807) is 42.5 Å². The first kappa shape index (κ1) is 13.9. The second kappa shape index (κ2) is 6.10. The van der Waals surface area contributed by atoms with Gasteiger partial charge in [-0.05, 0) is 50.2 Å². The zero-order valence-corrected chi connectivity index (χ0v) is 11.6. The van der Waals surface area contributed by atoms with E-state index in [9.17, 15) is 4.79 Å². The number of benzene rings is 2. The van der Waals surface area contributed by atoms with Crippen LogP contribution in [-0.4, -0.2) is 12.0 Å². The minimum absolute atomic E-state index is 0.0715. The standard InChI is InChI=1S/C16H18N2O2/c1-11(2)20-15-8-3-5-12(9-15)16(19)18-14-7-4-6-13(17)10-14/h3-11H,17H2,1-2H3,(H,18,19). The van der Waals surface area contributed by atoms with Gasteiger partial charge in [0.25, 0.3) is 5.91 Å². The highest BCUT2D eigenvalue weighted by molar-refractivity contribution is 6.04. The van der Waals surface area contributed by atoms with Crippen LogP contribution >= 0.6 is 0 Å². The van der Waals surface area contributed by atoms with Crippen molar-refractivity contribution in [3.63, 3.8) is 0 Å². The Kier molecular flexibility index (Phi) is 4.25. The van der Waals surface area contributed by atoms with E-state index in [0.717, 1.165) is 0 Å². The molecule has 2 aromatic rings. The predicted molar refractivity (Wildman–Crippen MR) is 81.0 cm³/mol. The third-order valence-corrected chi connectivity index (χ3v) is 2.61. The van der Waals surface area contributed by atoms with Crippen molar-refractivity contribution in [2.75, 3.05) is 11.1 Å². The van der Waals surface area contributed by atoms with Crippen LogP contribution in [0.15, 0.2) is 48.5 Å². The minimum atomic E-state index is -0.190. The Balaban J connectivity index is 2.13. The average Bonchev–Trinajstić information content (AvgIpc) is 2.38. The van der Waals surface area contributed by atoms with Crippen LogP contribution in [-0.2, 0) is 0 Å². The van der Waals surface area contributed by atoms with E-state index in [2.05, 4.69) is 5.32 Å². The van der Waals surface area contributed by atoms with Gasteiger partial charge >= 0.3 is 0 Å². The molecule has 2 rings (SSSR count). The molecule has 0 unspecified atom stereocenters. The Morgan fingerprint density at radius 2 is 1.90 bits per heavy atom. The molecule has 0 saturated carbocycles. The van der Waals surface area contributed by atoms with Gasteiger partial charge in [-0.3, -0.25) is 4.79 Å². The van der Waals surface area contributed by atoms with E-state index in [0.29, 0.717) is 22.7 Å². The van der Waals surface area contributed by atoms with Gasteiger partial charge in [-0.15, -0.1) is 0 Å². The summed E-state index contributed by atoms with van der Waals surface area (Å²) in [6.07, 6.45) is 0.0715. The number of carbonyl (C=O) groups excluding carboxylic acids is 1. The number of carbonyl (C=O) groups is 1. The minimum Gasteiger partial charge on any atom is -0.491 e. The van der Waals surface area contributed by atoms with E-state index in [1.165, 1.54) is 0 Å². The van der Waals surface area contributed by atoms with Crippen molar-refractivity contribution < 1.29 is 9.53 Å². The molecule has 0 aliphatic carbocycles.